The van der Waals surface area contributed by atoms with Gasteiger partial charge < -0.3 is 16.2 Å². The number of ketones is 1. The third kappa shape index (κ3) is 11.1. The van der Waals surface area contributed by atoms with E-state index in [9.17, 15) is 14.4 Å². The molecular weight excluding hydrogens is 236 g/mol. The van der Waals surface area contributed by atoms with Crippen LogP contribution in [0.3, 0.4) is 0 Å². The number of unbranched alkanes of at least 4 members (excludes halogenated alkanes) is 3. The van der Waals surface area contributed by atoms with Crippen molar-refractivity contribution in [2.75, 3.05) is 13.1 Å². The van der Waals surface area contributed by atoms with E-state index < -0.39 is 5.97 Å². The maximum Gasteiger partial charge on any atom is 0.303 e. The molecule has 0 atom stereocenters. The summed E-state index contributed by atoms with van der Waals surface area (Å²) in [5.41, 5.74) is 5.35. The number of aliphatic carboxylic acids is 1. The molecule has 0 aliphatic heterocycles. The molecule has 0 aromatic carbocycles. The molecule has 1 amide bonds. The van der Waals surface area contributed by atoms with Gasteiger partial charge in [-0.1, -0.05) is 12.8 Å². The van der Waals surface area contributed by atoms with Crippen LogP contribution in [0.2, 0.25) is 0 Å². The smallest absolute Gasteiger partial charge is 0.303 e. The maximum absolute atomic E-state index is 11.3. The minimum atomic E-state index is -1.02. The molecule has 18 heavy (non-hydrogen) atoms. The molecule has 0 saturated carbocycles. The van der Waals surface area contributed by atoms with Gasteiger partial charge in [-0.25, -0.2) is 0 Å². The minimum absolute atomic E-state index is 0.0841. The van der Waals surface area contributed by atoms with Crippen molar-refractivity contribution in [3.05, 3.63) is 0 Å². The van der Waals surface area contributed by atoms with Gasteiger partial charge in [-0.2, -0.15) is 0 Å². The number of nitrogens with two attached hydrogens (primary N) is 1. The quantitative estimate of drug-likeness (QED) is 0.368. The maximum atomic E-state index is 11.3. The first-order valence-corrected chi connectivity index (χ1v) is 6.26. The summed E-state index contributed by atoms with van der Waals surface area (Å²) in [4.78, 5) is 32.7. The molecule has 0 aromatic rings. The van der Waals surface area contributed by atoms with E-state index >= 15 is 0 Å². The van der Waals surface area contributed by atoms with Crippen LogP contribution in [0.25, 0.3) is 0 Å². The minimum Gasteiger partial charge on any atom is -0.481 e. The summed E-state index contributed by atoms with van der Waals surface area (Å²) in [5, 5.41) is 11.0. The fourth-order valence-corrected chi connectivity index (χ4v) is 1.43. The molecule has 0 aliphatic rings. The van der Waals surface area contributed by atoms with Gasteiger partial charge >= 0.3 is 5.97 Å². The second-order valence-corrected chi connectivity index (χ2v) is 4.16. The Bertz CT molecular complexity index is 279. The molecule has 104 valence electrons. The van der Waals surface area contributed by atoms with Gasteiger partial charge in [0.05, 0.1) is 12.8 Å². The Morgan fingerprint density at radius 1 is 1.00 bits per heavy atom. The number of amides is 1. The standard InChI is InChI=1S/C12H22N2O4/c13-7-3-1-2-4-8-14-11(16)9-10(15)5-6-12(17)18/h1-9,13H2,(H,14,16)(H,17,18). The van der Waals surface area contributed by atoms with Crippen LogP contribution in [0.1, 0.15) is 44.9 Å². The lowest BCUT2D eigenvalue weighted by Gasteiger charge is -2.04. The molecule has 6 nitrogen and oxygen atoms in total. The monoisotopic (exact) mass is 258 g/mol. The Balaban J connectivity index is 3.47. The lowest BCUT2D eigenvalue weighted by molar-refractivity contribution is -0.139. The number of Topliss-reactive ketones (excluding diaryl/α,β-unsaturated/α-hetero) is 1. The number of carbonyl (C=O) groups is 3. The van der Waals surface area contributed by atoms with Crippen molar-refractivity contribution in [2.45, 2.75) is 44.9 Å². The van der Waals surface area contributed by atoms with Gasteiger partial charge in [0, 0.05) is 13.0 Å². The normalized spacial score (nSPS) is 10.1. The van der Waals surface area contributed by atoms with E-state index in [0.29, 0.717) is 13.1 Å². The molecule has 6 heteroatoms. The molecule has 0 unspecified atom stereocenters. The van der Waals surface area contributed by atoms with Crippen molar-refractivity contribution < 1.29 is 19.5 Å². The molecule has 0 aliphatic carbocycles. The van der Waals surface area contributed by atoms with E-state index in [1.165, 1.54) is 0 Å². The first-order valence-electron chi connectivity index (χ1n) is 6.26. The van der Waals surface area contributed by atoms with E-state index in [4.69, 9.17) is 10.8 Å². The molecular formula is C12H22N2O4. The molecule has 0 radical (unpaired) electrons. The van der Waals surface area contributed by atoms with Gasteiger partial charge in [-0.15, -0.1) is 0 Å². The van der Waals surface area contributed by atoms with Gasteiger partial charge in [0.25, 0.3) is 0 Å². The van der Waals surface area contributed by atoms with Crippen molar-refractivity contribution >= 4 is 17.7 Å². The molecule has 4 N–H and O–H groups in total. The van der Waals surface area contributed by atoms with Crippen molar-refractivity contribution in [2.24, 2.45) is 5.73 Å². The fourth-order valence-electron chi connectivity index (χ4n) is 1.43. The van der Waals surface area contributed by atoms with Crippen LogP contribution < -0.4 is 11.1 Å². The topological polar surface area (TPSA) is 109 Å². The highest BCUT2D eigenvalue weighted by Gasteiger charge is 2.10. The predicted octanol–water partition coefficient (Wildman–Crippen LogP) is 0.446. The highest BCUT2D eigenvalue weighted by atomic mass is 16.4. The van der Waals surface area contributed by atoms with E-state index in [0.717, 1.165) is 25.7 Å². The largest absolute Gasteiger partial charge is 0.481 e. The summed E-state index contributed by atoms with van der Waals surface area (Å²) in [7, 11) is 0. The van der Waals surface area contributed by atoms with Crippen molar-refractivity contribution in [1.82, 2.24) is 5.32 Å². The summed E-state index contributed by atoms with van der Waals surface area (Å²) in [6.45, 7) is 1.24. The second-order valence-electron chi connectivity index (χ2n) is 4.16. The van der Waals surface area contributed by atoms with Crippen LogP contribution in [-0.4, -0.2) is 35.9 Å². The molecule has 0 heterocycles. The summed E-state index contributed by atoms with van der Waals surface area (Å²) in [6, 6.07) is 0. The van der Waals surface area contributed by atoms with E-state index in [-0.39, 0.29) is 31.0 Å². The molecule has 0 bridgehead atoms. The Morgan fingerprint density at radius 2 is 1.67 bits per heavy atom. The number of nitrogens with one attached hydrogen (secondary N) is 1. The van der Waals surface area contributed by atoms with E-state index in [1.807, 2.05) is 0 Å². The van der Waals surface area contributed by atoms with Crippen LogP contribution in [0.15, 0.2) is 0 Å². The van der Waals surface area contributed by atoms with Crippen molar-refractivity contribution in [3.8, 4) is 0 Å². The van der Waals surface area contributed by atoms with Crippen molar-refractivity contribution in [3.63, 3.8) is 0 Å². The van der Waals surface area contributed by atoms with Crippen LogP contribution in [0, 0.1) is 0 Å². The molecule has 0 saturated heterocycles. The molecule has 0 spiro atoms. The van der Waals surface area contributed by atoms with E-state index in [1.54, 1.807) is 0 Å². The SMILES string of the molecule is NCCCCCCNC(=O)CC(=O)CCC(=O)O. The number of hydrogen-bond donors (Lipinski definition) is 3. The number of carbonyl (C=O) groups excluding carboxylic acids is 2. The van der Waals surface area contributed by atoms with Crippen LogP contribution in [0.4, 0.5) is 0 Å². The first-order chi connectivity index (χ1) is 8.56. The van der Waals surface area contributed by atoms with Gasteiger partial charge in [0.1, 0.15) is 5.78 Å². The summed E-state index contributed by atoms with van der Waals surface area (Å²) < 4.78 is 0. The average molecular weight is 258 g/mol. The lowest BCUT2D eigenvalue weighted by Crippen LogP contribution is -2.26. The van der Waals surface area contributed by atoms with Gasteiger partial charge in [0.2, 0.25) is 5.91 Å². The zero-order valence-corrected chi connectivity index (χ0v) is 10.6. The number of rotatable bonds is 11. The Morgan fingerprint density at radius 3 is 2.28 bits per heavy atom. The Labute approximate surface area is 107 Å². The van der Waals surface area contributed by atoms with Gasteiger partial charge in [-0.05, 0) is 19.4 Å². The summed E-state index contributed by atoms with van der Waals surface area (Å²) in [5.74, 6) is -1.69. The third-order valence-corrected chi connectivity index (χ3v) is 2.43. The Hall–Kier alpha value is -1.43. The third-order valence-electron chi connectivity index (χ3n) is 2.43. The molecule has 0 aromatic heterocycles. The summed E-state index contributed by atoms with van der Waals surface area (Å²) in [6.07, 6.45) is 3.38. The zero-order chi connectivity index (χ0) is 13.8. The van der Waals surface area contributed by atoms with Gasteiger partial charge in [0.15, 0.2) is 0 Å². The summed E-state index contributed by atoms with van der Waals surface area (Å²) >= 11 is 0. The lowest BCUT2D eigenvalue weighted by atomic mass is 10.1. The van der Waals surface area contributed by atoms with Crippen molar-refractivity contribution in [1.29, 1.82) is 0 Å². The highest BCUT2D eigenvalue weighted by Crippen LogP contribution is 1.98. The number of carboxylic acids is 1. The molecule has 0 rings (SSSR count). The highest BCUT2D eigenvalue weighted by molar-refractivity contribution is 5.98. The fraction of sp³-hybridized carbons (Fsp3) is 0.750. The second kappa shape index (κ2) is 10.7. The first kappa shape index (κ1) is 16.6. The van der Waals surface area contributed by atoms with Crippen LogP contribution in [-0.2, 0) is 14.4 Å². The van der Waals surface area contributed by atoms with Gasteiger partial charge in [-0.3, -0.25) is 14.4 Å². The Kier molecular flexibility index (Phi) is 9.86. The van der Waals surface area contributed by atoms with Crippen LogP contribution in [0.5, 0.6) is 0 Å². The zero-order valence-electron chi connectivity index (χ0n) is 10.6. The predicted molar refractivity (Wildman–Crippen MR) is 67.0 cm³/mol. The number of hydrogen-bond acceptors (Lipinski definition) is 4. The molecule has 0 fully saturated rings. The number of carboxylic acid groups (broad SMARTS) is 1. The van der Waals surface area contributed by atoms with Crippen LogP contribution >= 0.6 is 0 Å². The van der Waals surface area contributed by atoms with E-state index in [2.05, 4.69) is 5.32 Å². The average Bonchev–Trinajstić information content (AvgIpc) is 2.31.